The lowest BCUT2D eigenvalue weighted by atomic mass is 9.92. The van der Waals surface area contributed by atoms with Gasteiger partial charge in [0.05, 0.1) is 19.6 Å². The Morgan fingerprint density at radius 1 is 1.17 bits per heavy atom. The SMILES string of the molecule is COc1cccc(-c2cc(F)cc(C3(C(=O)O)CC3)c2)c1OC. The first-order valence-electron chi connectivity index (χ1n) is 7.27. The lowest BCUT2D eigenvalue weighted by Crippen LogP contribution is -2.19. The van der Waals surface area contributed by atoms with Gasteiger partial charge in [-0.2, -0.15) is 0 Å². The molecule has 2 aromatic carbocycles. The maximum atomic E-state index is 14.1. The molecule has 4 nitrogen and oxygen atoms in total. The van der Waals surface area contributed by atoms with Crippen molar-refractivity contribution < 1.29 is 23.8 Å². The van der Waals surface area contributed by atoms with Gasteiger partial charge in [0.15, 0.2) is 11.5 Å². The van der Waals surface area contributed by atoms with Crippen LogP contribution in [0, 0.1) is 5.82 Å². The summed E-state index contributed by atoms with van der Waals surface area (Å²) in [5.41, 5.74) is 0.769. The number of hydrogen-bond acceptors (Lipinski definition) is 3. The lowest BCUT2D eigenvalue weighted by Gasteiger charge is -2.16. The van der Waals surface area contributed by atoms with Gasteiger partial charge in [-0.25, -0.2) is 4.39 Å². The minimum absolute atomic E-state index is 0.463. The van der Waals surface area contributed by atoms with E-state index < -0.39 is 17.2 Å². The summed E-state index contributed by atoms with van der Waals surface area (Å²) in [5, 5.41) is 9.43. The molecule has 0 bridgehead atoms. The van der Waals surface area contributed by atoms with E-state index in [4.69, 9.17) is 9.47 Å². The van der Waals surface area contributed by atoms with Crippen LogP contribution in [0.5, 0.6) is 11.5 Å². The highest BCUT2D eigenvalue weighted by Gasteiger charge is 2.52. The molecular weight excluding hydrogens is 299 g/mol. The van der Waals surface area contributed by atoms with Crippen molar-refractivity contribution in [2.24, 2.45) is 0 Å². The fourth-order valence-corrected chi connectivity index (χ4v) is 2.89. The van der Waals surface area contributed by atoms with E-state index in [0.717, 1.165) is 0 Å². The minimum atomic E-state index is -0.955. The largest absolute Gasteiger partial charge is 0.493 e. The average Bonchev–Trinajstić information content (AvgIpc) is 3.35. The van der Waals surface area contributed by atoms with Gasteiger partial charge in [-0.15, -0.1) is 0 Å². The monoisotopic (exact) mass is 316 g/mol. The molecule has 0 spiro atoms. The van der Waals surface area contributed by atoms with Gasteiger partial charge in [0, 0.05) is 5.56 Å². The van der Waals surface area contributed by atoms with E-state index in [2.05, 4.69) is 0 Å². The molecule has 23 heavy (non-hydrogen) atoms. The molecule has 1 N–H and O–H groups in total. The summed E-state index contributed by atoms with van der Waals surface area (Å²) in [6, 6.07) is 9.73. The molecule has 0 atom stereocenters. The lowest BCUT2D eigenvalue weighted by molar-refractivity contribution is -0.140. The Labute approximate surface area is 133 Å². The number of hydrogen-bond donors (Lipinski definition) is 1. The Kier molecular flexibility index (Phi) is 3.72. The Bertz CT molecular complexity index is 766. The molecule has 0 heterocycles. The van der Waals surface area contributed by atoms with Crippen LogP contribution in [0.4, 0.5) is 4.39 Å². The van der Waals surface area contributed by atoms with Gasteiger partial charge >= 0.3 is 5.97 Å². The molecule has 0 unspecified atom stereocenters. The molecule has 0 aliphatic heterocycles. The number of rotatable bonds is 5. The van der Waals surface area contributed by atoms with Crippen molar-refractivity contribution in [3.05, 3.63) is 47.8 Å². The van der Waals surface area contributed by atoms with Gasteiger partial charge in [-0.05, 0) is 48.2 Å². The number of benzene rings is 2. The van der Waals surface area contributed by atoms with Gasteiger partial charge in [0.2, 0.25) is 0 Å². The van der Waals surface area contributed by atoms with Crippen molar-refractivity contribution >= 4 is 5.97 Å². The Morgan fingerprint density at radius 3 is 2.48 bits per heavy atom. The normalized spacial score (nSPS) is 15.1. The first-order chi connectivity index (χ1) is 11.0. The Hall–Kier alpha value is -2.56. The third kappa shape index (κ3) is 2.52. The van der Waals surface area contributed by atoms with E-state index in [1.54, 1.807) is 24.3 Å². The maximum Gasteiger partial charge on any atom is 0.314 e. The first-order valence-corrected chi connectivity index (χ1v) is 7.27. The molecule has 2 aromatic rings. The molecule has 1 aliphatic carbocycles. The summed E-state index contributed by atoms with van der Waals surface area (Å²) in [6.07, 6.45) is 1.06. The second-order valence-electron chi connectivity index (χ2n) is 5.66. The van der Waals surface area contributed by atoms with Crippen LogP contribution in [0.3, 0.4) is 0 Å². The Morgan fingerprint density at radius 2 is 1.91 bits per heavy atom. The number of carbonyl (C=O) groups is 1. The summed E-state index contributed by atoms with van der Waals surface area (Å²) in [7, 11) is 3.05. The van der Waals surface area contributed by atoms with E-state index in [1.807, 2.05) is 0 Å². The van der Waals surface area contributed by atoms with Crippen LogP contribution in [0.25, 0.3) is 11.1 Å². The van der Waals surface area contributed by atoms with Crippen LogP contribution in [-0.2, 0) is 10.2 Å². The predicted octanol–water partition coefficient (Wildman–Crippen LogP) is 3.63. The molecule has 1 fully saturated rings. The van der Waals surface area contributed by atoms with Crippen LogP contribution in [0.15, 0.2) is 36.4 Å². The molecule has 1 saturated carbocycles. The second kappa shape index (κ2) is 5.57. The smallest absolute Gasteiger partial charge is 0.314 e. The minimum Gasteiger partial charge on any atom is -0.493 e. The number of ether oxygens (including phenoxy) is 2. The molecule has 0 aromatic heterocycles. The molecule has 3 rings (SSSR count). The van der Waals surface area contributed by atoms with Gasteiger partial charge in [0.1, 0.15) is 5.82 Å². The topological polar surface area (TPSA) is 55.8 Å². The zero-order valence-corrected chi connectivity index (χ0v) is 12.9. The first kappa shape index (κ1) is 15.3. The van der Waals surface area contributed by atoms with Crippen molar-refractivity contribution in [2.75, 3.05) is 14.2 Å². The van der Waals surface area contributed by atoms with E-state index in [1.165, 1.54) is 26.4 Å². The summed E-state index contributed by atoms with van der Waals surface area (Å²) in [5.74, 6) is -0.344. The number of carboxylic acids is 1. The van der Waals surface area contributed by atoms with E-state index in [0.29, 0.717) is 41.0 Å². The number of methoxy groups -OCH3 is 2. The van der Waals surface area contributed by atoms with Crippen LogP contribution < -0.4 is 9.47 Å². The highest BCUT2D eigenvalue weighted by Crippen LogP contribution is 2.50. The molecule has 5 heteroatoms. The molecule has 0 saturated heterocycles. The van der Waals surface area contributed by atoms with Crippen molar-refractivity contribution in [3.8, 4) is 22.6 Å². The van der Waals surface area contributed by atoms with Crippen LogP contribution in [0.1, 0.15) is 18.4 Å². The standard InChI is InChI=1S/C18H17FO4/c1-22-15-5-3-4-14(16(15)23-2)11-8-12(10-13(19)9-11)18(6-7-18)17(20)21/h3-5,8-10H,6-7H2,1-2H3,(H,20,21). The zero-order valence-electron chi connectivity index (χ0n) is 12.9. The van der Waals surface area contributed by atoms with Gasteiger partial charge < -0.3 is 14.6 Å². The number of aliphatic carboxylic acids is 1. The van der Waals surface area contributed by atoms with Crippen molar-refractivity contribution in [2.45, 2.75) is 18.3 Å². The van der Waals surface area contributed by atoms with Crippen LogP contribution >= 0.6 is 0 Å². The highest BCUT2D eigenvalue weighted by molar-refractivity contribution is 5.86. The molecule has 1 aliphatic rings. The molecule has 0 amide bonds. The zero-order chi connectivity index (χ0) is 16.6. The highest BCUT2D eigenvalue weighted by atomic mass is 19.1. The van der Waals surface area contributed by atoms with Gasteiger partial charge in [-0.3, -0.25) is 4.79 Å². The summed E-state index contributed by atoms with van der Waals surface area (Å²) >= 11 is 0. The quantitative estimate of drug-likeness (QED) is 0.915. The number of para-hydroxylation sites is 1. The predicted molar refractivity (Wildman–Crippen MR) is 83.5 cm³/mol. The summed E-state index contributed by atoms with van der Waals surface area (Å²) in [4.78, 5) is 11.5. The molecule has 120 valence electrons. The fraction of sp³-hybridized carbons (Fsp3) is 0.278. The number of halogens is 1. The third-order valence-corrected chi connectivity index (χ3v) is 4.32. The van der Waals surface area contributed by atoms with Crippen molar-refractivity contribution in [3.63, 3.8) is 0 Å². The van der Waals surface area contributed by atoms with Gasteiger partial charge in [-0.1, -0.05) is 12.1 Å². The Balaban J connectivity index is 2.15. The van der Waals surface area contributed by atoms with Crippen molar-refractivity contribution in [1.82, 2.24) is 0 Å². The second-order valence-corrected chi connectivity index (χ2v) is 5.66. The molecular formula is C18H17FO4. The van der Waals surface area contributed by atoms with E-state index in [9.17, 15) is 14.3 Å². The van der Waals surface area contributed by atoms with Gasteiger partial charge in [0.25, 0.3) is 0 Å². The average molecular weight is 316 g/mol. The summed E-state index contributed by atoms with van der Waals surface area (Å²) in [6.45, 7) is 0. The number of carboxylic acid groups (broad SMARTS) is 1. The third-order valence-electron chi connectivity index (χ3n) is 4.32. The van der Waals surface area contributed by atoms with Crippen molar-refractivity contribution in [1.29, 1.82) is 0 Å². The van der Waals surface area contributed by atoms with E-state index in [-0.39, 0.29) is 0 Å². The van der Waals surface area contributed by atoms with Crippen LogP contribution in [0.2, 0.25) is 0 Å². The fourth-order valence-electron chi connectivity index (χ4n) is 2.89. The maximum absolute atomic E-state index is 14.1. The summed E-state index contributed by atoms with van der Waals surface area (Å²) < 4.78 is 24.7. The van der Waals surface area contributed by atoms with E-state index >= 15 is 0 Å². The van der Waals surface area contributed by atoms with Crippen LogP contribution in [-0.4, -0.2) is 25.3 Å². The molecule has 0 radical (unpaired) electrons.